The summed E-state index contributed by atoms with van der Waals surface area (Å²) in [5.41, 5.74) is 1.81. The van der Waals surface area contributed by atoms with Crippen LogP contribution < -0.4 is 5.32 Å². The minimum atomic E-state index is 0.628. The second-order valence-corrected chi connectivity index (χ2v) is 7.78. The van der Waals surface area contributed by atoms with Crippen molar-refractivity contribution in [3.63, 3.8) is 0 Å². The van der Waals surface area contributed by atoms with E-state index in [2.05, 4.69) is 34.0 Å². The summed E-state index contributed by atoms with van der Waals surface area (Å²) >= 11 is 1.81. The average Bonchev–Trinajstić information content (AvgIpc) is 2.99. The van der Waals surface area contributed by atoms with Crippen molar-refractivity contribution in [2.24, 2.45) is 10.4 Å². The number of hydrogen-bond donors (Lipinski definition) is 1. The maximum Gasteiger partial charge on any atom is 0.193 e. The van der Waals surface area contributed by atoms with Crippen LogP contribution in [0.5, 0.6) is 0 Å². The van der Waals surface area contributed by atoms with Crippen LogP contribution in [0, 0.1) is 19.3 Å². The molecule has 1 saturated heterocycles. The van der Waals surface area contributed by atoms with Crippen molar-refractivity contribution in [2.45, 2.75) is 46.0 Å². The molecule has 1 aliphatic heterocycles. The highest BCUT2D eigenvalue weighted by molar-refractivity contribution is 7.11. The van der Waals surface area contributed by atoms with Gasteiger partial charge in [0, 0.05) is 38.0 Å². The maximum atomic E-state index is 4.49. The van der Waals surface area contributed by atoms with E-state index in [1.165, 1.54) is 54.4 Å². The molecule has 2 aliphatic rings. The van der Waals surface area contributed by atoms with Gasteiger partial charge >= 0.3 is 0 Å². The van der Waals surface area contributed by atoms with Crippen LogP contribution in [-0.4, -0.2) is 42.5 Å². The first-order valence-corrected chi connectivity index (χ1v) is 8.82. The van der Waals surface area contributed by atoms with Crippen molar-refractivity contribution in [3.8, 4) is 0 Å². The number of likely N-dealkylation sites (tertiary alicyclic amines) is 1. The fraction of sp³-hybridized carbons (Fsp3) is 0.750. The largest absolute Gasteiger partial charge is 0.356 e. The number of guanidine groups is 1. The van der Waals surface area contributed by atoms with Crippen LogP contribution in [0.4, 0.5) is 0 Å². The van der Waals surface area contributed by atoms with Crippen molar-refractivity contribution in [1.82, 2.24) is 15.2 Å². The van der Waals surface area contributed by atoms with Crippen molar-refractivity contribution < 1.29 is 0 Å². The zero-order chi connectivity index (χ0) is 14.9. The number of nitrogens with zero attached hydrogens (tertiary/aromatic N) is 3. The summed E-state index contributed by atoms with van der Waals surface area (Å²) in [4.78, 5) is 12.8. The molecule has 0 unspecified atom stereocenters. The lowest BCUT2D eigenvalue weighted by Crippen LogP contribution is -2.43. The predicted molar refractivity (Wildman–Crippen MR) is 89.1 cm³/mol. The number of nitrogens with one attached hydrogen (secondary N) is 1. The van der Waals surface area contributed by atoms with Crippen LogP contribution in [0.3, 0.4) is 0 Å². The van der Waals surface area contributed by atoms with Gasteiger partial charge in [-0.2, -0.15) is 0 Å². The second-order valence-electron chi connectivity index (χ2n) is 6.49. The zero-order valence-corrected chi connectivity index (χ0v) is 14.2. The van der Waals surface area contributed by atoms with Gasteiger partial charge in [0.05, 0.1) is 10.7 Å². The first-order chi connectivity index (χ1) is 10.1. The van der Waals surface area contributed by atoms with Crippen LogP contribution in [0.2, 0.25) is 0 Å². The monoisotopic (exact) mass is 306 g/mol. The topological polar surface area (TPSA) is 40.5 Å². The molecule has 5 heteroatoms. The van der Waals surface area contributed by atoms with Crippen LogP contribution >= 0.6 is 11.3 Å². The molecule has 0 atom stereocenters. The Hall–Kier alpha value is -1.10. The molecule has 0 bridgehead atoms. The van der Waals surface area contributed by atoms with Gasteiger partial charge in [0.25, 0.3) is 0 Å². The molecule has 1 aliphatic carbocycles. The summed E-state index contributed by atoms with van der Waals surface area (Å²) < 4.78 is 0. The van der Waals surface area contributed by atoms with E-state index in [1.807, 2.05) is 18.4 Å². The number of aromatic nitrogens is 1. The van der Waals surface area contributed by atoms with Gasteiger partial charge < -0.3 is 10.2 Å². The summed E-state index contributed by atoms with van der Waals surface area (Å²) in [7, 11) is 1.90. The summed E-state index contributed by atoms with van der Waals surface area (Å²) in [6.07, 6.45) is 6.64. The molecule has 1 aromatic rings. The van der Waals surface area contributed by atoms with Gasteiger partial charge in [0.2, 0.25) is 0 Å². The molecule has 1 saturated carbocycles. The van der Waals surface area contributed by atoms with E-state index in [4.69, 9.17) is 0 Å². The quantitative estimate of drug-likeness (QED) is 0.689. The van der Waals surface area contributed by atoms with E-state index in [9.17, 15) is 0 Å². The van der Waals surface area contributed by atoms with E-state index in [0.717, 1.165) is 18.9 Å². The highest BCUT2D eigenvalue weighted by Crippen LogP contribution is 2.47. The Morgan fingerprint density at radius 3 is 2.71 bits per heavy atom. The van der Waals surface area contributed by atoms with Crippen LogP contribution in [0.1, 0.15) is 41.3 Å². The summed E-state index contributed by atoms with van der Waals surface area (Å²) in [6.45, 7) is 7.49. The van der Waals surface area contributed by atoms with Crippen molar-refractivity contribution >= 4 is 17.3 Å². The lowest BCUT2D eigenvalue weighted by Gasteiger charge is -2.38. The second kappa shape index (κ2) is 5.95. The summed E-state index contributed by atoms with van der Waals surface area (Å²) in [5, 5.41) is 4.70. The third-order valence-corrected chi connectivity index (χ3v) is 6.13. The minimum absolute atomic E-state index is 0.628. The van der Waals surface area contributed by atoms with E-state index >= 15 is 0 Å². The molecule has 1 N–H and O–H groups in total. The fourth-order valence-electron chi connectivity index (χ4n) is 3.63. The Bertz CT molecular complexity index is 530. The molecule has 0 amide bonds. The van der Waals surface area contributed by atoms with E-state index < -0.39 is 0 Å². The highest BCUT2D eigenvalue weighted by atomic mass is 32.1. The maximum absolute atomic E-state index is 4.49. The molecule has 4 nitrogen and oxygen atoms in total. The molecule has 0 radical (unpaired) electrons. The minimum Gasteiger partial charge on any atom is -0.356 e. The third-order valence-electron chi connectivity index (χ3n) is 5.00. The van der Waals surface area contributed by atoms with Gasteiger partial charge in [-0.1, -0.05) is 6.42 Å². The normalized spacial score (nSPS) is 20.9. The first kappa shape index (κ1) is 14.8. The predicted octanol–water partition coefficient (Wildman–Crippen LogP) is 2.75. The molecule has 1 aromatic heterocycles. The number of thiazole rings is 1. The Balaban J connectivity index is 1.50. The third kappa shape index (κ3) is 3.07. The molecule has 0 aromatic carbocycles. The van der Waals surface area contributed by atoms with Crippen LogP contribution in [-0.2, 0) is 6.42 Å². The molecule has 2 heterocycles. The first-order valence-electron chi connectivity index (χ1n) is 8.00. The SMILES string of the molecule is CN=C(NCCc1sc(C)nc1C)N1CCC2(CCC2)C1. The molecular weight excluding hydrogens is 280 g/mol. The van der Waals surface area contributed by atoms with E-state index in [-0.39, 0.29) is 0 Å². The number of hydrogen-bond acceptors (Lipinski definition) is 3. The Morgan fingerprint density at radius 1 is 1.38 bits per heavy atom. The van der Waals surface area contributed by atoms with Gasteiger partial charge in [-0.05, 0) is 38.5 Å². The van der Waals surface area contributed by atoms with Gasteiger partial charge in [0.15, 0.2) is 5.96 Å². The fourth-order valence-corrected chi connectivity index (χ4v) is 4.56. The number of aliphatic imine (C=N–C) groups is 1. The average molecular weight is 306 g/mol. The standard InChI is InChI=1S/C16H26N4S/c1-12-14(21-13(2)19-12)5-9-18-15(17-3)20-10-8-16(11-20)6-4-7-16/h4-11H2,1-3H3,(H,17,18). The van der Waals surface area contributed by atoms with Gasteiger partial charge in [0.1, 0.15) is 0 Å². The summed E-state index contributed by atoms with van der Waals surface area (Å²) in [5.74, 6) is 1.08. The van der Waals surface area contributed by atoms with E-state index in [0.29, 0.717) is 5.41 Å². The smallest absolute Gasteiger partial charge is 0.193 e. The van der Waals surface area contributed by atoms with Crippen molar-refractivity contribution in [2.75, 3.05) is 26.7 Å². The van der Waals surface area contributed by atoms with Crippen molar-refractivity contribution in [3.05, 3.63) is 15.6 Å². The molecule has 3 rings (SSSR count). The van der Waals surface area contributed by atoms with Gasteiger partial charge in [-0.25, -0.2) is 4.98 Å². The lowest BCUT2D eigenvalue weighted by molar-refractivity contribution is 0.151. The zero-order valence-electron chi connectivity index (χ0n) is 13.4. The Kier molecular flexibility index (Phi) is 4.20. The van der Waals surface area contributed by atoms with E-state index in [1.54, 1.807) is 0 Å². The molecule has 116 valence electrons. The number of rotatable bonds is 3. The molecule has 2 fully saturated rings. The Labute approximate surface area is 131 Å². The molecular formula is C16H26N4S. The lowest BCUT2D eigenvalue weighted by atomic mass is 9.68. The van der Waals surface area contributed by atoms with Crippen molar-refractivity contribution in [1.29, 1.82) is 0 Å². The van der Waals surface area contributed by atoms with Gasteiger partial charge in [-0.15, -0.1) is 11.3 Å². The van der Waals surface area contributed by atoms with Gasteiger partial charge in [-0.3, -0.25) is 4.99 Å². The number of aryl methyl sites for hydroxylation is 2. The van der Waals surface area contributed by atoms with Crippen LogP contribution in [0.25, 0.3) is 0 Å². The summed E-state index contributed by atoms with van der Waals surface area (Å²) in [6, 6.07) is 0. The van der Waals surface area contributed by atoms with Crippen LogP contribution in [0.15, 0.2) is 4.99 Å². The Morgan fingerprint density at radius 2 is 2.19 bits per heavy atom. The molecule has 21 heavy (non-hydrogen) atoms. The molecule has 1 spiro atoms. The highest BCUT2D eigenvalue weighted by Gasteiger charge is 2.43.